The number of aryl methyl sites for hydroxylation is 1. The number of carbonyl (C=O) groups is 1. The van der Waals surface area contributed by atoms with Crippen LogP contribution >= 0.6 is 0 Å². The van der Waals surface area contributed by atoms with E-state index >= 15 is 0 Å². The van der Waals surface area contributed by atoms with Crippen LogP contribution in [0.15, 0.2) is 42.7 Å². The fourth-order valence-electron chi connectivity index (χ4n) is 5.35. The maximum Gasteiger partial charge on any atom is 0.416 e. The Morgan fingerprint density at radius 3 is 2.55 bits per heavy atom. The summed E-state index contributed by atoms with van der Waals surface area (Å²) in [6.45, 7) is 1.61. The largest absolute Gasteiger partial charge is 0.416 e. The van der Waals surface area contributed by atoms with E-state index in [2.05, 4.69) is 22.4 Å². The number of halogens is 4. The van der Waals surface area contributed by atoms with Crippen LogP contribution in [0.3, 0.4) is 0 Å². The van der Waals surface area contributed by atoms with Gasteiger partial charge in [0.05, 0.1) is 18.8 Å². The highest BCUT2D eigenvalue weighted by atomic mass is 19.4. The summed E-state index contributed by atoms with van der Waals surface area (Å²) in [5.41, 5.74) is 0.986. The van der Waals surface area contributed by atoms with Gasteiger partial charge in [0.15, 0.2) is 0 Å². The number of carbonyl (C=O) groups excluding carboxylic acids is 1. The van der Waals surface area contributed by atoms with Crippen LogP contribution in [0.5, 0.6) is 0 Å². The van der Waals surface area contributed by atoms with Crippen LogP contribution in [-0.2, 0) is 39.2 Å². The lowest BCUT2D eigenvalue weighted by Gasteiger charge is -2.39. The number of aromatic nitrogens is 3. The predicted molar refractivity (Wildman–Crippen MR) is 135 cm³/mol. The van der Waals surface area contributed by atoms with E-state index in [9.17, 15) is 22.4 Å². The summed E-state index contributed by atoms with van der Waals surface area (Å²) in [5, 5.41) is 11.2. The summed E-state index contributed by atoms with van der Waals surface area (Å²) in [5.74, 6) is -0.130. The van der Waals surface area contributed by atoms with Crippen molar-refractivity contribution in [2.24, 2.45) is 13.0 Å². The highest BCUT2D eigenvalue weighted by molar-refractivity contribution is 6.10. The lowest BCUT2D eigenvalue weighted by Crippen LogP contribution is -2.47. The van der Waals surface area contributed by atoms with Crippen molar-refractivity contribution in [1.29, 1.82) is 0 Å². The average Bonchev–Trinajstić information content (AvgIpc) is 3.42. The highest BCUT2D eigenvalue weighted by Crippen LogP contribution is 2.40. The maximum absolute atomic E-state index is 14.1. The zero-order valence-corrected chi connectivity index (χ0v) is 21.5. The molecule has 1 N–H and O–H groups in total. The summed E-state index contributed by atoms with van der Waals surface area (Å²) in [4.78, 5) is 14.8. The van der Waals surface area contributed by atoms with Crippen molar-refractivity contribution >= 4 is 11.6 Å². The van der Waals surface area contributed by atoms with Gasteiger partial charge < -0.3 is 14.8 Å². The van der Waals surface area contributed by atoms with Crippen molar-refractivity contribution in [3.05, 3.63) is 76.4 Å². The average molecular weight is 530 g/mol. The van der Waals surface area contributed by atoms with Crippen LogP contribution in [0.4, 0.5) is 23.2 Å². The van der Waals surface area contributed by atoms with Gasteiger partial charge in [0.25, 0.3) is 5.91 Å². The number of fused-ring (bicyclic) bond motifs is 1. The molecule has 10 heteroatoms. The molecule has 1 amide bonds. The molecule has 2 aliphatic rings. The Kier molecular flexibility index (Phi) is 7.02. The smallest absolute Gasteiger partial charge is 0.321 e. The van der Waals surface area contributed by atoms with E-state index in [1.165, 1.54) is 11.0 Å². The van der Waals surface area contributed by atoms with E-state index in [0.29, 0.717) is 29.9 Å². The van der Waals surface area contributed by atoms with Crippen molar-refractivity contribution in [3.8, 4) is 0 Å². The molecule has 5 rings (SSSR count). The maximum atomic E-state index is 14.1. The Bertz CT molecular complexity index is 1330. The van der Waals surface area contributed by atoms with Crippen LogP contribution in [0.2, 0.25) is 0 Å². The number of hydrogen-bond donors (Lipinski definition) is 1. The van der Waals surface area contributed by atoms with Gasteiger partial charge in [0.2, 0.25) is 0 Å². The number of rotatable bonds is 9. The second kappa shape index (κ2) is 10.1. The third-order valence-corrected chi connectivity index (χ3v) is 7.82. The standard InChI is InChI=1S/C28H31F4N5O/c1-27(7-4-8-27)33-15-20-11-22-23(24(12-20)28(30,31)32)16-37(26(22)38)21-6-3-5-18(10-21)9-19(14-29)13-25-35-34-17-36(25)2/h3,5-6,10-12,17,19,33H,4,7-9,13-16H2,1-2H3/t19-/m0/s1. The van der Waals surface area contributed by atoms with Crippen molar-refractivity contribution in [2.45, 2.75) is 63.8 Å². The summed E-state index contributed by atoms with van der Waals surface area (Å²) < 4.78 is 57.8. The molecule has 1 atom stereocenters. The van der Waals surface area contributed by atoms with Crippen molar-refractivity contribution < 1.29 is 22.4 Å². The molecule has 0 radical (unpaired) electrons. The van der Waals surface area contributed by atoms with E-state index < -0.39 is 24.3 Å². The minimum atomic E-state index is -4.58. The van der Waals surface area contributed by atoms with Gasteiger partial charge in [0, 0.05) is 36.8 Å². The van der Waals surface area contributed by atoms with E-state index in [1.54, 1.807) is 42.2 Å². The molecular formula is C28H31F4N5O. The van der Waals surface area contributed by atoms with Gasteiger partial charge in [-0.2, -0.15) is 13.2 Å². The van der Waals surface area contributed by atoms with Gasteiger partial charge in [0.1, 0.15) is 12.2 Å². The Labute approximate surface area is 219 Å². The van der Waals surface area contributed by atoms with Gasteiger partial charge >= 0.3 is 6.18 Å². The topological polar surface area (TPSA) is 63.1 Å². The number of nitrogens with zero attached hydrogens (tertiary/aromatic N) is 4. The third kappa shape index (κ3) is 5.32. The molecular weight excluding hydrogens is 498 g/mol. The lowest BCUT2D eigenvalue weighted by molar-refractivity contribution is -0.138. The summed E-state index contributed by atoms with van der Waals surface area (Å²) in [6, 6.07) is 9.80. The summed E-state index contributed by atoms with van der Waals surface area (Å²) >= 11 is 0. The van der Waals surface area contributed by atoms with Crippen LogP contribution in [0, 0.1) is 5.92 Å². The quantitative estimate of drug-likeness (QED) is 0.377. The first kappa shape index (κ1) is 26.3. The number of amides is 1. The molecule has 3 aromatic rings. The van der Waals surface area contributed by atoms with Gasteiger partial charge in [-0.05, 0) is 79.5 Å². The van der Waals surface area contributed by atoms with Gasteiger partial charge in [-0.25, -0.2) is 0 Å². The Morgan fingerprint density at radius 1 is 1.13 bits per heavy atom. The minimum absolute atomic E-state index is 0.00424. The van der Waals surface area contributed by atoms with E-state index in [-0.39, 0.29) is 35.7 Å². The Hall–Kier alpha value is -3.27. The predicted octanol–water partition coefficient (Wildman–Crippen LogP) is 5.40. The second-order valence-electron chi connectivity index (χ2n) is 10.8. The number of nitrogens with one attached hydrogen (secondary N) is 1. The fraction of sp³-hybridized carbons (Fsp3) is 0.464. The SMILES string of the molecule is Cn1cnnc1C[C@@H](CF)Cc1cccc(N2Cc3c(cc(CNC4(C)CCC4)cc3C(F)(F)F)C2=O)c1. The van der Waals surface area contributed by atoms with Gasteiger partial charge in [-0.1, -0.05) is 12.1 Å². The van der Waals surface area contributed by atoms with Crippen LogP contribution in [0.25, 0.3) is 0 Å². The molecule has 0 saturated heterocycles. The zero-order valence-electron chi connectivity index (χ0n) is 21.5. The molecule has 1 saturated carbocycles. The molecule has 0 spiro atoms. The molecule has 2 aromatic carbocycles. The molecule has 2 heterocycles. The van der Waals surface area contributed by atoms with Crippen molar-refractivity contribution in [3.63, 3.8) is 0 Å². The number of hydrogen-bond acceptors (Lipinski definition) is 4. The molecule has 1 aliphatic heterocycles. The molecule has 202 valence electrons. The molecule has 6 nitrogen and oxygen atoms in total. The summed E-state index contributed by atoms with van der Waals surface area (Å²) in [7, 11) is 1.80. The normalized spacial score (nSPS) is 17.4. The van der Waals surface area contributed by atoms with Crippen LogP contribution in [-0.4, -0.2) is 32.9 Å². The Morgan fingerprint density at radius 2 is 1.92 bits per heavy atom. The van der Waals surface area contributed by atoms with Crippen LogP contribution < -0.4 is 10.2 Å². The van der Waals surface area contributed by atoms with Crippen LogP contribution in [0.1, 0.15) is 64.6 Å². The van der Waals surface area contributed by atoms with E-state index in [4.69, 9.17) is 0 Å². The summed E-state index contributed by atoms with van der Waals surface area (Å²) in [6.07, 6.45) is 0.841. The first-order valence-electron chi connectivity index (χ1n) is 12.8. The van der Waals surface area contributed by atoms with E-state index in [1.807, 2.05) is 6.07 Å². The number of benzene rings is 2. The third-order valence-electron chi connectivity index (χ3n) is 7.82. The molecule has 1 aliphatic carbocycles. The molecule has 1 aromatic heterocycles. The highest BCUT2D eigenvalue weighted by Gasteiger charge is 2.41. The lowest BCUT2D eigenvalue weighted by atomic mass is 9.78. The first-order valence-corrected chi connectivity index (χ1v) is 12.8. The number of anilines is 1. The Balaban J connectivity index is 1.38. The molecule has 0 unspecified atom stereocenters. The molecule has 1 fully saturated rings. The second-order valence-corrected chi connectivity index (χ2v) is 10.8. The van der Waals surface area contributed by atoms with Gasteiger partial charge in [-0.3, -0.25) is 9.18 Å². The first-order chi connectivity index (χ1) is 18.1. The fourth-order valence-corrected chi connectivity index (χ4v) is 5.35. The molecule has 38 heavy (non-hydrogen) atoms. The van der Waals surface area contributed by atoms with Crippen molar-refractivity contribution in [1.82, 2.24) is 20.1 Å². The zero-order chi connectivity index (χ0) is 27.1. The monoisotopic (exact) mass is 529 g/mol. The number of alkyl halides is 4. The van der Waals surface area contributed by atoms with Gasteiger partial charge in [-0.15, -0.1) is 10.2 Å². The van der Waals surface area contributed by atoms with E-state index in [0.717, 1.165) is 24.8 Å². The molecule has 0 bridgehead atoms. The minimum Gasteiger partial charge on any atom is -0.321 e. The van der Waals surface area contributed by atoms with Crippen molar-refractivity contribution in [2.75, 3.05) is 11.6 Å².